The van der Waals surface area contributed by atoms with E-state index in [1.807, 2.05) is 42.1 Å². The fourth-order valence-electron chi connectivity index (χ4n) is 1.60. The summed E-state index contributed by atoms with van der Waals surface area (Å²) in [6, 6.07) is 5.78. The molecule has 0 aliphatic carbocycles. The standard InChI is InChI=1S/C13H13BrN2O/c1-2-13(17)10-5-6-16(8-10)9-12-4-3-11(14)7-15-12/h3-8H,2,9H2,1H3. The first-order valence-electron chi connectivity index (χ1n) is 5.48. The molecule has 0 spiro atoms. The Hall–Kier alpha value is -1.42. The molecule has 0 aromatic carbocycles. The van der Waals surface area contributed by atoms with Gasteiger partial charge in [-0.2, -0.15) is 0 Å². The summed E-state index contributed by atoms with van der Waals surface area (Å²) in [6.07, 6.45) is 6.10. The van der Waals surface area contributed by atoms with Crippen molar-refractivity contribution in [3.63, 3.8) is 0 Å². The monoisotopic (exact) mass is 292 g/mol. The maximum absolute atomic E-state index is 11.5. The molecule has 2 heterocycles. The highest BCUT2D eigenvalue weighted by Gasteiger charge is 2.05. The van der Waals surface area contributed by atoms with Gasteiger partial charge in [0.15, 0.2) is 5.78 Å². The van der Waals surface area contributed by atoms with Crippen molar-refractivity contribution >= 4 is 21.7 Å². The van der Waals surface area contributed by atoms with Crippen LogP contribution < -0.4 is 0 Å². The number of carbonyl (C=O) groups excluding carboxylic acids is 1. The second kappa shape index (κ2) is 5.27. The normalized spacial score (nSPS) is 10.5. The summed E-state index contributed by atoms with van der Waals surface area (Å²) in [6.45, 7) is 2.56. The van der Waals surface area contributed by atoms with E-state index < -0.39 is 0 Å². The Labute approximate surface area is 109 Å². The van der Waals surface area contributed by atoms with Crippen molar-refractivity contribution in [2.75, 3.05) is 0 Å². The van der Waals surface area contributed by atoms with E-state index in [-0.39, 0.29) is 5.78 Å². The van der Waals surface area contributed by atoms with E-state index in [0.717, 1.165) is 15.7 Å². The fourth-order valence-corrected chi connectivity index (χ4v) is 1.83. The Morgan fingerprint density at radius 2 is 2.24 bits per heavy atom. The second-order valence-electron chi connectivity index (χ2n) is 3.82. The van der Waals surface area contributed by atoms with Gasteiger partial charge >= 0.3 is 0 Å². The molecule has 2 aromatic heterocycles. The third-order valence-electron chi connectivity index (χ3n) is 2.53. The minimum absolute atomic E-state index is 0.174. The van der Waals surface area contributed by atoms with Gasteiger partial charge in [0.2, 0.25) is 0 Å². The number of Topliss-reactive ketones (excluding diaryl/α,β-unsaturated/α-hetero) is 1. The summed E-state index contributed by atoms with van der Waals surface area (Å²) < 4.78 is 2.94. The predicted octanol–water partition coefficient (Wildman–Crippen LogP) is 3.29. The Kier molecular flexibility index (Phi) is 3.74. The van der Waals surface area contributed by atoms with Gasteiger partial charge < -0.3 is 4.57 Å². The molecule has 0 unspecified atom stereocenters. The Bertz CT molecular complexity index is 516. The molecule has 0 radical (unpaired) electrons. The summed E-state index contributed by atoms with van der Waals surface area (Å²) in [4.78, 5) is 15.8. The molecule has 0 fully saturated rings. The molecule has 0 bridgehead atoms. The highest BCUT2D eigenvalue weighted by molar-refractivity contribution is 9.10. The van der Waals surface area contributed by atoms with Crippen LogP contribution in [0.5, 0.6) is 0 Å². The van der Waals surface area contributed by atoms with Crippen LogP contribution in [0, 0.1) is 0 Å². The van der Waals surface area contributed by atoms with E-state index in [1.165, 1.54) is 0 Å². The largest absolute Gasteiger partial charge is 0.348 e. The van der Waals surface area contributed by atoms with Gasteiger partial charge in [0, 0.05) is 35.0 Å². The summed E-state index contributed by atoms with van der Waals surface area (Å²) in [5, 5.41) is 0. The number of aromatic nitrogens is 2. The SMILES string of the molecule is CCC(=O)c1ccn(Cc2ccc(Br)cn2)c1. The zero-order valence-corrected chi connectivity index (χ0v) is 11.1. The molecule has 0 amide bonds. The third kappa shape index (κ3) is 3.03. The number of rotatable bonds is 4. The molecule has 3 nitrogen and oxygen atoms in total. The molecule has 2 aromatic rings. The molecule has 88 valence electrons. The van der Waals surface area contributed by atoms with Crippen LogP contribution in [0.3, 0.4) is 0 Å². The molecule has 0 atom stereocenters. The van der Waals surface area contributed by atoms with Crippen molar-refractivity contribution < 1.29 is 4.79 Å². The number of carbonyl (C=O) groups is 1. The number of hydrogen-bond donors (Lipinski definition) is 0. The number of hydrogen-bond acceptors (Lipinski definition) is 2. The van der Waals surface area contributed by atoms with Crippen LogP contribution in [0.15, 0.2) is 41.3 Å². The molecule has 0 saturated heterocycles. The molecular weight excluding hydrogens is 280 g/mol. The second-order valence-corrected chi connectivity index (χ2v) is 4.73. The maximum atomic E-state index is 11.5. The first-order chi connectivity index (χ1) is 8.19. The molecule has 0 saturated carbocycles. The van der Waals surface area contributed by atoms with Gasteiger partial charge in [-0.1, -0.05) is 6.92 Å². The van der Waals surface area contributed by atoms with E-state index in [9.17, 15) is 4.79 Å². The van der Waals surface area contributed by atoms with Crippen LogP contribution in [0.25, 0.3) is 0 Å². The van der Waals surface area contributed by atoms with Crippen molar-refractivity contribution in [3.05, 3.63) is 52.5 Å². The highest BCUT2D eigenvalue weighted by atomic mass is 79.9. The van der Waals surface area contributed by atoms with Gasteiger partial charge in [-0.25, -0.2) is 0 Å². The van der Waals surface area contributed by atoms with E-state index in [0.29, 0.717) is 13.0 Å². The third-order valence-corrected chi connectivity index (χ3v) is 3.00. The average Bonchev–Trinajstić information content (AvgIpc) is 2.80. The first-order valence-corrected chi connectivity index (χ1v) is 6.27. The van der Waals surface area contributed by atoms with Crippen molar-refractivity contribution in [2.45, 2.75) is 19.9 Å². The van der Waals surface area contributed by atoms with E-state index in [4.69, 9.17) is 0 Å². The molecule has 0 N–H and O–H groups in total. The Morgan fingerprint density at radius 3 is 2.88 bits per heavy atom. The van der Waals surface area contributed by atoms with Gasteiger partial charge in [-0.15, -0.1) is 0 Å². The predicted molar refractivity (Wildman–Crippen MR) is 70.1 cm³/mol. The van der Waals surface area contributed by atoms with Gasteiger partial charge in [-0.05, 0) is 34.1 Å². The van der Waals surface area contributed by atoms with Gasteiger partial charge in [-0.3, -0.25) is 9.78 Å². The number of nitrogens with zero attached hydrogens (tertiary/aromatic N) is 2. The van der Waals surface area contributed by atoms with Crippen LogP contribution >= 0.6 is 15.9 Å². The van der Waals surface area contributed by atoms with E-state index in [1.54, 1.807) is 6.20 Å². The van der Waals surface area contributed by atoms with Crippen LogP contribution in [0.4, 0.5) is 0 Å². The van der Waals surface area contributed by atoms with Crippen LogP contribution in [0.1, 0.15) is 29.4 Å². The minimum atomic E-state index is 0.174. The van der Waals surface area contributed by atoms with Crippen LogP contribution in [-0.2, 0) is 6.54 Å². The highest BCUT2D eigenvalue weighted by Crippen LogP contribution is 2.10. The molecular formula is C13H13BrN2O. The summed E-state index contributed by atoms with van der Waals surface area (Å²) in [5.41, 5.74) is 1.74. The van der Waals surface area contributed by atoms with Crippen molar-refractivity contribution in [3.8, 4) is 0 Å². The molecule has 2 rings (SSSR count). The zero-order chi connectivity index (χ0) is 12.3. The molecule has 17 heavy (non-hydrogen) atoms. The number of halogens is 1. The lowest BCUT2D eigenvalue weighted by atomic mass is 10.2. The Morgan fingerprint density at radius 1 is 1.41 bits per heavy atom. The number of pyridine rings is 1. The smallest absolute Gasteiger partial charge is 0.164 e. The van der Waals surface area contributed by atoms with Gasteiger partial charge in [0.1, 0.15) is 0 Å². The first kappa shape index (κ1) is 12.0. The maximum Gasteiger partial charge on any atom is 0.164 e. The zero-order valence-electron chi connectivity index (χ0n) is 9.56. The molecule has 4 heteroatoms. The summed E-state index contributed by atoms with van der Waals surface area (Å²) >= 11 is 3.35. The van der Waals surface area contributed by atoms with Gasteiger partial charge in [0.05, 0.1) is 12.2 Å². The quantitative estimate of drug-likeness (QED) is 0.811. The Balaban J connectivity index is 2.11. The van der Waals surface area contributed by atoms with E-state index >= 15 is 0 Å². The van der Waals surface area contributed by atoms with Crippen molar-refractivity contribution in [2.24, 2.45) is 0 Å². The van der Waals surface area contributed by atoms with Crippen molar-refractivity contribution in [1.29, 1.82) is 0 Å². The summed E-state index contributed by atoms with van der Waals surface area (Å²) in [5.74, 6) is 0.174. The molecule has 0 aliphatic heterocycles. The fraction of sp³-hybridized carbons (Fsp3) is 0.231. The summed E-state index contributed by atoms with van der Waals surface area (Å²) in [7, 11) is 0. The lowest BCUT2D eigenvalue weighted by molar-refractivity contribution is 0.0988. The minimum Gasteiger partial charge on any atom is -0.348 e. The average molecular weight is 293 g/mol. The van der Waals surface area contributed by atoms with Crippen LogP contribution in [0.2, 0.25) is 0 Å². The van der Waals surface area contributed by atoms with E-state index in [2.05, 4.69) is 20.9 Å². The topological polar surface area (TPSA) is 34.9 Å². The van der Waals surface area contributed by atoms with Crippen LogP contribution in [-0.4, -0.2) is 15.3 Å². The van der Waals surface area contributed by atoms with Gasteiger partial charge in [0.25, 0.3) is 0 Å². The lowest BCUT2D eigenvalue weighted by Gasteiger charge is -2.02. The number of ketones is 1. The molecule has 0 aliphatic rings. The lowest BCUT2D eigenvalue weighted by Crippen LogP contribution is -1.99. The van der Waals surface area contributed by atoms with Crippen molar-refractivity contribution in [1.82, 2.24) is 9.55 Å².